The Labute approximate surface area is 151 Å². The first kappa shape index (κ1) is 16.3. The summed E-state index contributed by atoms with van der Waals surface area (Å²) in [7, 11) is 1.84. The number of nitrogens with zero attached hydrogens (tertiary/aromatic N) is 4. The third kappa shape index (κ3) is 3.03. The van der Waals surface area contributed by atoms with Crippen molar-refractivity contribution in [3.8, 4) is 22.4 Å². The molecule has 132 valence electrons. The molecule has 4 rings (SSSR count). The molecule has 0 aliphatic heterocycles. The van der Waals surface area contributed by atoms with Gasteiger partial charge in [0.2, 0.25) is 5.95 Å². The lowest BCUT2D eigenvalue weighted by atomic mass is 10.1. The number of rotatable bonds is 6. The molecular formula is C19H21N7. The molecule has 0 unspecified atom stereocenters. The Kier molecular flexibility index (Phi) is 4.35. The van der Waals surface area contributed by atoms with E-state index in [1.165, 1.54) is 0 Å². The van der Waals surface area contributed by atoms with E-state index in [0.717, 1.165) is 58.4 Å². The van der Waals surface area contributed by atoms with E-state index in [1.807, 2.05) is 25.6 Å². The summed E-state index contributed by atoms with van der Waals surface area (Å²) in [5, 5.41) is 11.0. The van der Waals surface area contributed by atoms with Gasteiger partial charge in [-0.15, -0.1) is 0 Å². The molecule has 7 nitrogen and oxygen atoms in total. The molecule has 0 bridgehead atoms. The Morgan fingerprint density at radius 1 is 1.08 bits per heavy atom. The minimum absolute atomic E-state index is 0.641. The van der Waals surface area contributed by atoms with Crippen molar-refractivity contribution >= 4 is 17.0 Å². The fraction of sp³-hybridized carbons (Fsp3) is 0.263. The number of hydrogen-bond donors (Lipinski definition) is 3. The maximum Gasteiger partial charge on any atom is 0.223 e. The van der Waals surface area contributed by atoms with Gasteiger partial charge in [0.25, 0.3) is 0 Å². The number of aromatic nitrogens is 6. The summed E-state index contributed by atoms with van der Waals surface area (Å²) in [6, 6.07) is 4.19. The van der Waals surface area contributed by atoms with Gasteiger partial charge in [-0.3, -0.25) is 5.10 Å². The largest absolute Gasteiger partial charge is 0.357 e. The van der Waals surface area contributed by atoms with Crippen molar-refractivity contribution in [2.24, 2.45) is 0 Å². The first-order valence-corrected chi connectivity index (χ1v) is 8.81. The summed E-state index contributed by atoms with van der Waals surface area (Å²) in [5.41, 5.74) is 5.83. The van der Waals surface area contributed by atoms with Crippen LogP contribution in [0.4, 0.5) is 5.95 Å². The minimum Gasteiger partial charge on any atom is -0.357 e. The molecule has 4 heterocycles. The lowest BCUT2D eigenvalue weighted by Gasteiger charge is -2.07. The van der Waals surface area contributed by atoms with Crippen molar-refractivity contribution < 1.29 is 0 Å². The van der Waals surface area contributed by atoms with Crippen LogP contribution in [-0.4, -0.2) is 37.2 Å². The smallest absolute Gasteiger partial charge is 0.223 e. The Hall–Kier alpha value is -3.22. The van der Waals surface area contributed by atoms with Gasteiger partial charge in [0.15, 0.2) is 0 Å². The molecule has 0 saturated heterocycles. The van der Waals surface area contributed by atoms with Crippen molar-refractivity contribution in [2.75, 3.05) is 12.4 Å². The lowest BCUT2D eigenvalue weighted by molar-refractivity contribution is 0.775. The van der Waals surface area contributed by atoms with Crippen LogP contribution in [0.2, 0.25) is 0 Å². The summed E-state index contributed by atoms with van der Waals surface area (Å²) in [6.07, 6.45) is 10.7. The second-order valence-corrected chi connectivity index (χ2v) is 6.23. The number of aryl methyl sites for hydroxylation is 1. The van der Waals surface area contributed by atoms with E-state index < -0.39 is 0 Å². The molecular weight excluding hydrogens is 326 g/mol. The van der Waals surface area contributed by atoms with Crippen molar-refractivity contribution in [3.63, 3.8) is 0 Å². The number of unbranched alkanes of at least 4 members (excludes halogenated alkanes) is 1. The molecule has 0 fully saturated rings. The lowest BCUT2D eigenvalue weighted by Crippen LogP contribution is -2.01. The van der Waals surface area contributed by atoms with Gasteiger partial charge in [-0.1, -0.05) is 13.3 Å². The van der Waals surface area contributed by atoms with E-state index in [0.29, 0.717) is 5.95 Å². The summed E-state index contributed by atoms with van der Waals surface area (Å²) in [5.74, 6) is 0.641. The summed E-state index contributed by atoms with van der Waals surface area (Å²) in [4.78, 5) is 17.0. The molecule has 4 aromatic rings. The van der Waals surface area contributed by atoms with Gasteiger partial charge >= 0.3 is 0 Å². The Morgan fingerprint density at radius 3 is 2.77 bits per heavy atom. The van der Waals surface area contributed by atoms with Crippen molar-refractivity contribution in [2.45, 2.75) is 26.2 Å². The van der Waals surface area contributed by atoms with Crippen molar-refractivity contribution in [3.05, 3.63) is 42.6 Å². The normalized spacial score (nSPS) is 11.2. The molecule has 0 radical (unpaired) electrons. The standard InChI is InChI=1S/C19H21N7/c1-3-4-5-14-7-17(26-19(20-2)25-14)16-11-22-18-15(16)6-12(8-21-18)13-9-23-24-10-13/h6-11H,3-5H2,1-2H3,(H,21,22)(H,23,24)(H,20,25,26). The molecule has 0 saturated carbocycles. The molecule has 0 spiro atoms. The van der Waals surface area contributed by atoms with Crippen LogP contribution < -0.4 is 5.32 Å². The zero-order chi connectivity index (χ0) is 17.9. The number of aromatic amines is 2. The monoisotopic (exact) mass is 347 g/mol. The number of nitrogens with one attached hydrogen (secondary N) is 3. The third-order valence-corrected chi connectivity index (χ3v) is 4.43. The zero-order valence-corrected chi connectivity index (χ0v) is 14.9. The van der Waals surface area contributed by atoms with Gasteiger partial charge in [-0.2, -0.15) is 5.10 Å². The highest BCUT2D eigenvalue weighted by Gasteiger charge is 2.13. The van der Waals surface area contributed by atoms with E-state index in [-0.39, 0.29) is 0 Å². The molecule has 0 aliphatic carbocycles. The fourth-order valence-corrected chi connectivity index (χ4v) is 3.02. The van der Waals surface area contributed by atoms with E-state index in [1.54, 1.807) is 6.20 Å². The van der Waals surface area contributed by atoms with E-state index in [2.05, 4.69) is 54.5 Å². The van der Waals surface area contributed by atoms with Crippen LogP contribution in [0.1, 0.15) is 25.5 Å². The average molecular weight is 347 g/mol. The molecule has 0 aromatic carbocycles. The summed E-state index contributed by atoms with van der Waals surface area (Å²) >= 11 is 0. The zero-order valence-electron chi connectivity index (χ0n) is 14.9. The Bertz CT molecular complexity index is 1020. The molecule has 0 atom stereocenters. The van der Waals surface area contributed by atoms with Gasteiger partial charge in [0.05, 0.1) is 11.9 Å². The second kappa shape index (κ2) is 6.95. The molecule has 26 heavy (non-hydrogen) atoms. The number of fused-ring (bicyclic) bond motifs is 1. The Balaban J connectivity index is 1.82. The highest BCUT2D eigenvalue weighted by Crippen LogP contribution is 2.30. The molecule has 0 amide bonds. The fourth-order valence-electron chi connectivity index (χ4n) is 3.02. The summed E-state index contributed by atoms with van der Waals surface area (Å²) < 4.78 is 0. The topological polar surface area (TPSA) is 95.2 Å². The predicted octanol–water partition coefficient (Wildman–Crippen LogP) is 3.79. The quantitative estimate of drug-likeness (QED) is 0.493. The SMILES string of the molecule is CCCCc1cc(-c2c[nH]c3ncc(-c4cn[nH]c4)cc23)nc(NC)n1. The maximum atomic E-state index is 4.66. The van der Waals surface area contributed by atoms with Crippen molar-refractivity contribution in [1.82, 2.24) is 30.1 Å². The Morgan fingerprint density at radius 2 is 2.00 bits per heavy atom. The second-order valence-electron chi connectivity index (χ2n) is 6.23. The van der Waals surface area contributed by atoms with Crippen LogP contribution >= 0.6 is 0 Å². The third-order valence-electron chi connectivity index (χ3n) is 4.43. The van der Waals surface area contributed by atoms with Gasteiger partial charge in [0, 0.05) is 53.4 Å². The van der Waals surface area contributed by atoms with E-state index in [4.69, 9.17) is 0 Å². The predicted molar refractivity (Wildman–Crippen MR) is 103 cm³/mol. The highest BCUT2D eigenvalue weighted by molar-refractivity contribution is 5.95. The average Bonchev–Trinajstić information content (AvgIpc) is 3.35. The van der Waals surface area contributed by atoms with E-state index in [9.17, 15) is 0 Å². The van der Waals surface area contributed by atoms with Crippen molar-refractivity contribution in [1.29, 1.82) is 0 Å². The van der Waals surface area contributed by atoms with Crippen LogP contribution in [0.25, 0.3) is 33.4 Å². The number of anilines is 1. The molecule has 3 N–H and O–H groups in total. The summed E-state index contributed by atoms with van der Waals surface area (Å²) in [6.45, 7) is 2.18. The number of H-pyrrole nitrogens is 2. The number of pyridine rings is 1. The molecule has 4 aromatic heterocycles. The van der Waals surface area contributed by atoms with Gasteiger partial charge in [-0.25, -0.2) is 15.0 Å². The highest BCUT2D eigenvalue weighted by atomic mass is 15.1. The van der Waals surface area contributed by atoms with Crippen LogP contribution in [0.3, 0.4) is 0 Å². The first-order chi connectivity index (χ1) is 12.8. The van der Waals surface area contributed by atoms with Gasteiger partial charge in [0.1, 0.15) is 5.65 Å². The first-order valence-electron chi connectivity index (χ1n) is 8.81. The maximum absolute atomic E-state index is 4.66. The van der Waals surface area contributed by atoms with Crippen LogP contribution in [-0.2, 0) is 6.42 Å². The molecule has 7 heteroatoms. The van der Waals surface area contributed by atoms with Crippen LogP contribution in [0.5, 0.6) is 0 Å². The van der Waals surface area contributed by atoms with Gasteiger partial charge < -0.3 is 10.3 Å². The van der Waals surface area contributed by atoms with Crippen LogP contribution in [0, 0.1) is 0 Å². The van der Waals surface area contributed by atoms with Gasteiger partial charge in [-0.05, 0) is 25.0 Å². The minimum atomic E-state index is 0.641. The van der Waals surface area contributed by atoms with Crippen LogP contribution in [0.15, 0.2) is 36.9 Å². The molecule has 0 aliphatic rings. The van der Waals surface area contributed by atoms with E-state index >= 15 is 0 Å². The number of hydrogen-bond acceptors (Lipinski definition) is 5.